The maximum Gasteiger partial charge on any atom is 0.179 e. The van der Waals surface area contributed by atoms with Crippen molar-refractivity contribution in [1.82, 2.24) is 4.90 Å². The Labute approximate surface area is 142 Å². The molecule has 0 N–H and O–H groups in total. The molecule has 5 heteroatoms. The van der Waals surface area contributed by atoms with E-state index in [1.54, 1.807) is 6.07 Å². The second-order valence-corrected chi connectivity index (χ2v) is 8.59. The number of rotatable bonds is 9. The van der Waals surface area contributed by atoms with Crippen LogP contribution < -0.4 is 0 Å². The topological polar surface area (TPSA) is 20.3 Å². The molecule has 0 amide bonds. The SMILES string of the molecule is CC(C)CCN(CCC(C)C)CC(=O)c1cc(Cl)sc1Cl. The fraction of sp³-hybridized carbons (Fsp3) is 0.688. The Bertz CT molecular complexity index is 445. The van der Waals surface area contributed by atoms with Gasteiger partial charge in [-0.1, -0.05) is 50.9 Å². The summed E-state index contributed by atoms with van der Waals surface area (Å²) in [4.78, 5) is 14.6. The first kappa shape index (κ1) is 19.0. The van der Waals surface area contributed by atoms with Crippen LogP contribution in [-0.4, -0.2) is 30.3 Å². The Hall–Kier alpha value is -0.0900. The van der Waals surface area contributed by atoms with Crippen LogP contribution in [0, 0.1) is 11.8 Å². The van der Waals surface area contributed by atoms with Gasteiger partial charge in [0.1, 0.15) is 4.34 Å². The summed E-state index contributed by atoms with van der Waals surface area (Å²) in [7, 11) is 0. The molecule has 120 valence electrons. The first-order valence-electron chi connectivity index (χ1n) is 7.50. The molecule has 0 saturated carbocycles. The molecule has 0 atom stereocenters. The molecule has 0 spiro atoms. The average molecular weight is 350 g/mol. The highest BCUT2D eigenvalue weighted by molar-refractivity contribution is 7.20. The highest BCUT2D eigenvalue weighted by atomic mass is 35.5. The van der Waals surface area contributed by atoms with Gasteiger partial charge in [-0.3, -0.25) is 9.69 Å². The lowest BCUT2D eigenvalue weighted by atomic mass is 10.1. The van der Waals surface area contributed by atoms with E-state index in [2.05, 4.69) is 32.6 Å². The number of thiophene rings is 1. The highest BCUT2D eigenvalue weighted by Crippen LogP contribution is 2.31. The number of Topliss-reactive ketones (excluding diaryl/α,β-unsaturated/α-hetero) is 1. The van der Waals surface area contributed by atoms with Crippen molar-refractivity contribution in [2.24, 2.45) is 11.8 Å². The Kier molecular flexibility index (Phi) is 8.25. The number of ketones is 1. The van der Waals surface area contributed by atoms with Crippen molar-refractivity contribution < 1.29 is 4.79 Å². The van der Waals surface area contributed by atoms with Crippen molar-refractivity contribution in [3.05, 3.63) is 20.3 Å². The number of hydrogen-bond acceptors (Lipinski definition) is 3. The molecule has 21 heavy (non-hydrogen) atoms. The maximum absolute atomic E-state index is 12.4. The van der Waals surface area contributed by atoms with Gasteiger partial charge in [-0.2, -0.15) is 0 Å². The van der Waals surface area contributed by atoms with E-state index in [1.165, 1.54) is 11.3 Å². The normalized spacial score (nSPS) is 11.9. The lowest BCUT2D eigenvalue weighted by Gasteiger charge is -2.23. The van der Waals surface area contributed by atoms with Crippen molar-refractivity contribution >= 4 is 40.3 Å². The van der Waals surface area contributed by atoms with Crippen molar-refractivity contribution in [1.29, 1.82) is 0 Å². The molecule has 0 bridgehead atoms. The summed E-state index contributed by atoms with van der Waals surface area (Å²) in [6.07, 6.45) is 2.20. The Morgan fingerprint density at radius 1 is 1.14 bits per heavy atom. The van der Waals surface area contributed by atoms with Crippen LogP contribution in [0.25, 0.3) is 0 Å². The van der Waals surface area contributed by atoms with Gasteiger partial charge < -0.3 is 0 Å². The van der Waals surface area contributed by atoms with Crippen molar-refractivity contribution in [3.8, 4) is 0 Å². The third kappa shape index (κ3) is 7.14. The molecular formula is C16H25Cl2NOS. The second-order valence-electron chi connectivity index (χ2n) is 6.30. The molecule has 0 saturated heterocycles. The molecule has 0 unspecified atom stereocenters. The minimum atomic E-state index is 0.0654. The third-order valence-electron chi connectivity index (χ3n) is 3.37. The summed E-state index contributed by atoms with van der Waals surface area (Å²) in [5.41, 5.74) is 0.561. The zero-order chi connectivity index (χ0) is 16.0. The summed E-state index contributed by atoms with van der Waals surface area (Å²) in [6.45, 7) is 11.1. The molecule has 0 aliphatic heterocycles. The standard InChI is InChI=1S/C16H25Cl2NOS/c1-11(2)5-7-19(8-6-12(3)4)10-14(20)13-9-15(17)21-16(13)18/h9,11-12H,5-8,10H2,1-4H3. The minimum Gasteiger partial charge on any atom is -0.296 e. The van der Waals surface area contributed by atoms with Gasteiger partial charge in [0.05, 0.1) is 16.4 Å². The van der Waals surface area contributed by atoms with Crippen LogP contribution in [0.1, 0.15) is 50.9 Å². The zero-order valence-corrected chi connectivity index (χ0v) is 15.6. The van der Waals surface area contributed by atoms with Gasteiger partial charge in [0.25, 0.3) is 0 Å². The summed E-state index contributed by atoms with van der Waals surface area (Å²) in [5, 5.41) is 0. The van der Waals surface area contributed by atoms with Crippen LogP contribution in [0.5, 0.6) is 0 Å². The van der Waals surface area contributed by atoms with E-state index in [4.69, 9.17) is 23.2 Å². The van der Waals surface area contributed by atoms with E-state index in [0.29, 0.717) is 32.6 Å². The molecular weight excluding hydrogens is 325 g/mol. The van der Waals surface area contributed by atoms with Crippen LogP contribution in [0.2, 0.25) is 8.67 Å². The van der Waals surface area contributed by atoms with Gasteiger partial charge in [-0.15, -0.1) is 11.3 Å². The lowest BCUT2D eigenvalue weighted by molar-refractivity contribution is 0.0923. The number of nitrogens with zero attached hydrogens (tertiary/aromatic N) is 1. The van der Waals surface area contributed by atoms with Crippen LogP contribution in [-0.2, 0) is 0 Å². The molecule has 1 rings (SSSR count). The molecule has 0 radical (unpaired) electrons. The molecule has 0 aliphatic rings. The predicted octanol–water partition coefficient (Wildman–Crippen LogP) is 5.63. The summed E-state index contributed by atoms with van der Waals surface area (Å²) in [6, 6.07) is 1.68. The lowest BCUT2D eigenvalue weighted by Crippen LogP contribution is -2.33. The van der Waals surface area contributed by atoms with E-state index >= 15 is 0 Å². The van der Waals surface area contributed by atoms with E-state index in [9.17, 15) is 4.79 Å². The van der Waals surface area contributed by atoms with Crippen molar-refractivity contribution in [2.75, 3.05) is 19.6 Å². The fourth-order valence-corrected chi connectivity index (χ4v) is 3.47. The Balaban J connectivity index is 2.65. The van der Waals surface area contributed by atoms with Crippen molar-refractivity contribution in [2.45, 2.75) is 40.5 Å². The van der Waals surface area contributed by atoms with Gasteiger partial charge in [-0.05, 0) is 43.8 Å². The van der Waals surface area contributed by atoms with Gasteiger partial charge in [-0.25, -0.2) is 0 Å². The van der Waals surface area contributed by atoms with Crippen LogP contribution in [0.4, 0.5) is 0 Å². The van der Waals surface area contributed by atoms with E-state index < -0.39 is 0 Å². The maximum atomic E-state index is 12.4. The monoisotopic (exact) mass is 349 g/mol. The molecule has 1 aromatic heterocycles. The minimum absolute atomic E-state index is 0.0654. The Morgan fingerprint density at radius 2 is 1.67 bits per heavy atom. The van der Waals surface area contributed by atoms with E-state index in [1.807, 2.05) is 0 Å². The number of halogens is 2. The number of carbonyl (C=O) groups excluding carboxylic acids is 1. The summed E-state index contributed by atoms with van der Waals surface area (Å²) in [5.74, 6) is 1.34. The molecule has 2 nitrogen and oxygen atoms in total. The Morgan fingerprint density at radius 3 is 2.05 bits per heavy atom. The van der Waals surface area contributed by atoms with Gasteiger partial charge in [0.15, 0.2) is 5.78 Å². The second kappa shape index (κ2) is 9.14. The quantitative estimate of drug-likeness (QED) is 0.538. The summed E-state index contributed by atoms with van der Waals surface area (Å²) >= 11 is 13.2. The zero-order valence-electron chi connectivity index (χ0n) is 13.3. The summed E-state index contributed by atoms with van der Waals surface area (Å²) < 4.78 is 1.07. The molecule has 0 aromatic carbocycles. The fourth-order valence-electron chi connectivity index (χ4n) is 1.97. The predicted molar refractivity (Wildman–Crippen MR) is 94.0 cm³/mol. The highest BCUT2D eigenvalue weighted by Gasteiger charge is 2.18. The van der Waals surface area contributed by atoms with Crippen LogP contribution in [0.15, 0.2) is 6.07 Å². The third-order valence-corrected chi connectivity index (χ3v) is 4.86. The van der Waals surface area contributed by atoms with Gasteiger partial charge in [0.2, 0.25) is 0 Å². The number of hydrogen-bond donors (Lipinski definition) is 0. The molecule has 0 aliphatic carbocycles. The molecule has 1 aromatic rings. The van der Waals surface area contributed by atoms with Crippen LogP contribution >= 0.6 is 34.5 Å². The first-order valence-corrected chi connectivity index (χ1v) is 9.07. The van der Waals surface area contributed by atoms with E-state index in [0.717, 1.165) is 25.9 Å². The number of carbonyl (C=O) groups is 1. The van der Waals surface area contributed by atoms with Crippen molar-refractivity contribution in [3.63, 3.8) is 0 Å². The first-order chi connectivity index (χ1) is 9.79. The average Bonchev–Trinajstić information content (AvgIpc) is 2.71. The smallest absolute Gasteiger partial charge is 0.179 e. The molecule has 1 heterocycles. The van der Waals surface area contributed by atoms with Crippen LogP contribution in [0.3, 0.4) is 0 Å². The van der Waals surface area contributed by atoms with E-state index in [-0.39, 0.29) is 5.78 Å². The largest absolute Gasteiger partial charge is 0.296 e. The van der Waals surface area contributed by atoms with Gasteiger partial charge in [0, 0.05) is 0 Å². The molecule has 0 fully saturated rings. The van der Waals surface area contributed by atoms with Gasteiger partial charge >= 0.3 is 0 Å².